The summed E-state index contributed by atoms with van der Waals surface area (Å²) in [4.78, 5) is 14.6. The number of likely N-dealkylation sites (tertiary alicyclic amines) is 1. The van der Waals surface area contributed by atoms with Gasteiger partial charge < -0.3 is 15.5 Å². The van der Waals surface area contributed by atoms with Gasteiger partial charge in [0, 0.05) is 49.8 Å². The van der Waals surface area contributed by atoms with E-state index in [1.807, 2.05) is 23.3 Å². The van der Waals surface area contributed by atoms with E-state index in [4.69, 9.17) is 0 Å². The lowest BCUT2D eigenvalue weighted by Crippen LogP contribution is -2.48. The Hall–Kier alpha value is -1.46. The lowest BCUT2D eigenvalue weighted by molar-refractivity contribution is 0.125. The van der Waals surface area contributed by atoms with E-state index in [-0.39, 0.29) is 35.8 Å². The second-order valence-corrected chi connectivity index (χ2v) is 9.16. The summed E-state index contributed by atoms with van der Waals surface area (Å²) < 4.78 is 14.0. The van der Waals surface area contributed by atoms with E-state index < -0.39 is 0 Å². The smallest absolute Gasteiger partial charge is 0.191 e. The largest absolute Gasteiger partial charge is 0.356 e. The molecule has 31 heavy (non-hydrogen) atoms. The number of pyridine rings is 1. The number of rotatable bonds is 5. The van der Waals surface area contributed by atoms with Crippen molar-refractivity contribution in [1.29, 1.82) is 0 Å². The Balaban J connectivity index is 0.00000272. The highest BCUT2D eigenvalue weighted by Gasteiger charge is 2.31. The molecule has 170 valence electrons. The molecule has 4 heterocycles. The van der Waals surface area contributed by atoms with Crippen LogP contribution in [-0.2, 0) is 0 Å². The van der Waals surface area contributed by atoms with Crippen LogP contribution in [0.1, 0.15) is 30.2 Å². The molecule has 0 radical (unpaired) electrons. The summed E-state index contributed by atoms with van der Waals surface area (Å²) >= 11 is 1.85. The van der Waals surface area contributed by atoms with Crippen LogP contribution < -0.4 is 15.5 Å². The monoisotopic (exact) mass is 558 g/mol. The summed E-state index contributed by atoms with van der Waals surface area (Å²) in [6.07, 6.45) is 5.02. The van der Waals surface area contributed by atoms with Crippen molar-refractivity contribution >= 4 is 47.1 Å². The van der Waals surface area contributed by atoms with Crippen LogP contribution in [0.5, 0.6) is 0 Å². The number of aliphatic imine (C=N–C) groups is 1. The average Bonchev–Trinajstić information content (AvgIpc) is 3.44. The average molecular weight is 559 g/mol. The molecular formula is C22H32FIN6S. The number of guanidine groups is 1. The number of piperidine rings is 1. The molecule has 0 aliphatic carbocycles. The Labute approximate surface area is 205 Å². The SMILES string of the molecule is CN=C(NCC1CCCN(C)C1c1cccs1)NC1CCN(c2ncccc2F)C1.I. The molecule has 0 amide bonds. The first-order valence-electron chi connectivity index (χ1n) is 10.7. The predicted molar refractivity (Wildman–Crippen MR) is 137 cm³/mol. The maximum absolute atomic E-state index is 14.0. The predicted octanol–water partition coefficient (Wildman–Crippen LogP) is 3.73. The normalized spacial score (nSPS) is 24.7. The molecule has 9 heteroatoms. The van der Waals surface area contributed by atoms with Gasteiger partial charge in [0.25, 0.3) is 0 Å². The van der Waals surface area contributed by atoms with E-state index in [0.29, 0.717) is 17.8 Å². The second kappa shape index (κ2) is 11.4. The number of hydrogen-bond donors (Lipinski definition) is 2. The van der Waals surface area contributed by atoms with Gasteiger partial charge >= 0.3 is 0 Å². The Morgan fingerprint density at radius 3 is 2.90 bits per heavy atom. The van der Waals surface area contributed by atoms with Gasteiger partial charge in [-0.15, -0.1) is 35.3 Å². The number of nitrogens with one attached hydrogen (secondary N) is 2. The molecular weight excluding hydrogens is 526 g/mol. The third-order valence-electron chi connectivity index (χ3n) is 6.16. The van der Waals surface area contributed by atoms with Gasteiger partial charge in [0.2, 0.25) is 0 Å². The molecule has 3 atom stereocenters. The third kappa shape index (κ3) is 5.87. The molecule has 2 aromatic rings. The fraction of sp³-hybridized carbons (Fsp3) is 0.545. The fourth-order valence-electron chi connectivity index (χ4n) is 4.68. The zero-order valence-electron chi connectivity index (χ0n) is 18.1. The summed E-state index contributed by atoms with van der Waals surface area (Å²) in [5.74, 6) is 1.54. The van der Waals surface area contributed by atoms with Gasteiger partial charge in [0.15, 0.2) is 17.6 Å². The first-order chi connectivity index (χ1) is 14.7. The highest BCUT2D eigenvalue weighted by Crippen LogP contribution is 2.36. The summed E-state index contributed by atoms with van der Waals surface area (Å²) in [6, 6.07) is 8.17. The highest BCUT2D eigenvalue weighted by molar-refractivity contribution is 14.0. The van der Waals surface area contributed by atoms with Crippen molar-refractivity contribution in [2.45, 2.75) is 31.3 Å². The van der Waals surface area contributed by atoms with Gasteiger partial charge in [0.05, 0.1) is 0 Å². The topological polar surface area (TPSA) is 55.8 Å². The van der Waals surface area contributed by atoms with E-state index in [9.17, 15) is 4.39 Å². The van der Waals surface area contributed by atoms with Crippen molar-refractivity contribution in [2.75, 3.05) is 45.2 Å². The van der Waals surface area contributed by atoms with E-state index >= 15 is 0 Å². The summed E-state index contributed by atoms with van der Waals surface area (Å²) in [6.45, 7) is 3.54. The molecule has 0 aromatic carbocycles. The molecule has 2 aliphatic heterocycles. The minimum atomic E-state index is -0.262. The Morgan fingerprint density at radius 2 is 2.16 bits per heavy atom. The van der Waals surface area contributed by atoms with Gasteiger partial charge in [-0.25, -0.2) is 9.37 Å². The van der Waals surface area contributed by atoms with Crippen molar-refractivity contribution in [3.8, 4) is 0 Å². The van der Waals surface area contributed by atoms with Crippen molar-refractivity contribution < 1.29 is 4.39 Å². The number of thiophene rings is 1. The van der Waals surface area contributed by atoms with Crippen LogP contribution in [0.15, 0.2) is 40.8 Å². The molecule has 2 aromatic heterocycles. The Kier molecular flexibility index (Phi) is 8.91. The highest BCUT2D eigenvalue weighted by atomic mass is 127. The molecule has 2 fully saturated rings. The maximum Gasteiger partial charge on any atom is 0.191 e. The quantitative estimate of drug-likeness (QED) is 0.333. The van der Waals surface area contributed by atoms with Gasteiger partial charge in [-0.1, -0.05) is 6.07 Å². The van der Waals surface area contributed by atoms with Crippen molar-refractivity contribution in [2.24, 2.45) is 10.9 Å². The molecule has 2 aliphatic rings. The summed E-state index contributed by atoms with van der Waals surface area (Å²) in [5.41, 5.74) is 0. The van der Waals surface area contributed by atoms with Crippen LogP contribution >= 0.6 is 35.3 Å². The lowest BCUT2D eigenvalue weighted by atomic mass is 9.88. The second-order valence-electron chi connectivity index (χ2n) is 8.18. The molecule has 2 saturated heterocycles. The fourth-order valence-corrected chi connectivity index (χ4v) is 5.66. The van der Waals surface area contributed by atoms with E-state index in [2.05, 4.69) is 50.1 Å². The van der Waals surface area contributed by atoms with Crippen molar-refractivity contribution in [1.82, 2.24) is 20.5 Å². The molecule has 4 rings (SSSR count). The molecule has 3 unspecified atom stereocenters. The van der Waals surface area contributed by atoms with Crippen LogP contribution in [0.25, 0.3) is 0 Å². The third-order valence-corrected chi connectivity index (χ3v) is 7.11. The standard InChI is InChI=1S/C22H31FN6S.HI/c1-24-22(27-17-9-12-29(15-17)21-18(23)7-3-10-25-21)26-14-16-6-4-11-28(2)20(16)19-8-5-13-30-19;/h3,5,7-8,10,13,16-17,20H,4,6,9,11-12,14-15H2,1-2H3,(H2,24,26,27);1H. The van der Waals surface area contributed by atoms with E-state index in [1.165, 1.54) is 23.8 Å². The van der Waals surface area contributed by atoms with Crippen molar-refractivity contribution in [3.63, 3.8) is 0 Å². The zero-order chi connectivity index (χ0) is 20.9. The maximum atomic E-state index is 14.0. The molecule has 0 spiro atoms. The van der Waals surface area contributed by atoms with Crippen LogP contribution in [0.4, 0.5) is 10.2 Å². The zero-order valence-corrected chi connectivity index (χ0v) is 21.3. The summed E-state index contributed by atoms with van der Waals surface area (Å²) in [5, 5.41) is 9.24. The number of hydrogen-bond acceptors (Lipinski definition) is 5. The summed E-state index contributed by atoms with van der Waals surface area (Å²) in [7, 11) is 4.04. The molecule has 2 N–H and O–H groups in total. The number of nitrogens with zero attached hydrogens (tertiary/aromatic N) is 4. The Bertz CT molecular complexity index is 848. The van der Waals surface area contributed by atoms with Gasteiger partial charge in [0.1, 0.15) is 0 Å². The first kappa shape index (κ1) is 24.2. The van der Waals surface area contributed by atoms with Crippen molar-refractivity contribution in [3.05, 3.63) is 46.5 Å². The molecule has 0 bridgehead atoms. The lowest BCUT2D eigenvalue weighted by Gasteiger charge is -2.39. The minimum absolute atomic E-state index is 0. The first-order valence-corrected chi connectivity index (χ1v) is 11.6. The van der Waals surface area contributed by atoms with Crippen LogP contribution in [0.3, 0.4) is 0 Å². The van der Waals surface area contributed by atoms with Gasteiger partial charge in [-0.2, -0.15) is 0 Å². The number of aromatic nitrogens is 1. The van der Waals surface area contributed by atoms with E-state index in [0.717, 1.165) is 38.6 Å². The Morgan fingerprint density at radius 1 is 1.29 bits per heavy atom. The van der Waals surface area contributed by atoms with Crippen LogP contribution in [0.2, 0.25) is 0 Å². The molecule has 0 saturated carbocycles. The van der Waals surface area contributed by atoms with Gasteiger partial charge in [-0.3, -0.25) is 9.89 Å². The number of anilines is 1. The number of halogens is 2. The van der Waals surface area contributed by atoms with Crippen LogP contribution in [-0.4, -0.2) is 62.2 Å². The van der Waals surface area contributed by atoms with Gasteiger partial charge in [-0.05, 0) is 62.4 Å². The molecule has 6 nitrogen and oxygen atoms in total. The van der Waals surface area contributed by atoms with E-state index in [1.54, 1.807) is 12.3 Å². The van der Waals surface area contributed by atoms with Crippen LogP contribution in [0, 0.1) is 11.7 Å². The minimum Gasteiger partial charge on any atom is -0.356 e.